The van der Waals surface area contributed by atoms with Crippen LogP contribution in [0.25, 0.3) is 0 Å². The van der Waals surface area contributed by atoms with E-state index < -0.39 is 0 Å². The summed E-state index contributed by atoms with van der Waals surface area (Å²) in [5.74, 6) is 2.13. The Bertz CT molecular complexity index is 378. The van der Waals surface area contributed by atoms with Gasteiger partial charge < -0.3 is 4.57 Å². The lowest BCUT2D eigenvalue weighted by atomic mass is 10.0. The number of imidazole rings is 1. The number of nitrogens with zero attached hydrogens (tertiary/aromatic N) is 2. The van der Waals surface area contributed by atoms with Gasteiger partial charge >= 0.3 is 0 Å². The normalized spacial score (nSPS) is 28.9. The molecule has 0 bridgehead atoms. The Morgan fingerprint density at radius 2 is 2.20 bits per heavy atom. The molecule has 0 aromatic carbocycles. The molecule has 82 valence electrons. The van der Waals surface area contributed by atoms with Crippen molar-refractivity contribution in [2.24, 2.45) is 0 Å². The molecule has 0 saturated heterocycles. The van der Waals surface area contributed by atoms with E-state index in [2.05, 4.69) is 18.4 Å². The Morgan fingerprint density at radius 3 is 3.00 bits per heavy atom. The van der Waals surface area contributed by atoms with E-state index in [9.17, 15) is 0 Å². The average Bonchev–Trinajstić information content (AvgIpc) is 2.75. The maximum absolute atomic E-state index is 4.90. The van der Waals surface area contributed by atoms with Gasteiger partial charge in [-0.1, -0.05) is 6.92 Å². The van der Waals surface area contributed by atoms with E-state index in [1.807, 2.05) is 0 Å². The van der Waals surface area contributed by atoms with Crippen LogP contribution in [0.5, 0.6) is 0 Å². The molecule has 0 saturated carbocycles. The lowest BCUT2D eigenvalue weighted by molar-refractivity contribution is 0.414. The third kappa shape index (κ3) is 1.27. The van der Waals surface area contributed by atoms with Crippen molar-refractivity contribution in [1.82, 2.24) is 9.55 Å². The highest BCUT2D eigenvalue weighted by Gasteiger charge is 2.31. The molecular formula is C13H20N2. The zero-order valence-corrected chi connectivity index (χ0v) is 9.79. The second-order valence-electron chi connectivity index (χ2n) is 5.12. The lowest BCUT2D eigenvalue weighted by Crippen LogP contribution is -2.17. The predicted molar refractivity (Wildman–Crippen MR) is 61.2 cm³/mol. The van der Waals surface area contributed by atoms with Gasteiger partial charge in [0.15, 0.2) is 0 Å². The molecule has 1 aliphatic carbocycles. The summed E-state index contributed by atoms with van der Waals surface area (Å²) in [6.07, 6.45) is 7.73. The summed E-state index contributed by atoms with van der Waals surface area (Å²) in [6.45, 7) is 4.64. The molecule has 0 N–H and O–H groups in total. The second kappa shape index (κ2) is 3.36. The van der Waals surface area contributed by atoms with E-state index in [-0.39, 0.29) is 0 Å². The molecule has 0 spiro atoms. The topological polar surface area (TPSA) is 17.8 Å². The van der Waals surface area contributed by atoms with Crippen molar-refractivity contribution >= 4 is 0 Å². The van der Waals surface area contributed by atoms with Gasteiger partial charge in [-0.25, -0.2) is 4.98 Å². The van der Waals surface area contributed by atoms with Crippen LogP contribution in [0.3, 0.4) is 0 Å². The minimum atomic E-state index is 0.695. The van der Waals surface area contributed by atoms with Crippen molar-refractivity contribution < 1.29 is 0 Å². The van der Waals surface area contributed by atoms with Crippen LogP contribution in [0.4, 0.5) is 0 Å². The summed E-state index contributed by atoms with van der Waals surface area (Å²) in [7, 11) is 0. The van der Waals surface area contributed by atoms with Crippen LogP contribution in [-0.2, 0) is 12.8 Å². The van der Waals surface area contributed by atoms with Crippen molar-refractivity contribution in [3.8, 4) is 0 Å². The molecule has 15 heavy (non-hydrogen) atoms. The predicted octanol–water partition coefficient (Wildman–Crippen LogP) is 3.22. The average molecular weight is 204 g/mol. The van der Waals surface area contributed by atoms with Crippen molar-refractivity contribution in [3.63, 3.8) is 0 Å². The number of rotatable bonds is 1. The maximum atomic E-state index is 4.90. The van der Waals surface area contributed by atoms with Gasteiger partial charge in [0.05, 0.1) is 5.69 Å². The van der Waals surface area contributed by atoms with Crippen molar-refractivity contribution in [2.45, 2.75) is 64.3 Å². The molecule has 2 unspecified atom stereocenters. The van der Waals surface area contributed by atoms with Crippen LogP contribution in [0.1, 0.15) is 68.7 Å². The van der Waals surface area contributed by atoms with Gasteiger partial charge in [-0.15, -0.1) is 0 Å². The molecule has 2 heterocycles. The Hall–Kier alpha value is -0.790. The van der Waals surface area contributed by atoms with Crippen LogP contribution < -0.4 is 0 Å². The maximum Gasteiger partial charge on any atom is 0.109 e. The van der Waals surface area contributed by atoms with Gasteiger partial charge in [-0.3, -0.25) is 0 Å². The van der Waals surface area contributed by atoms with E-state index in [1.165, 1.54) is 50.0 Å². The van der Waals surface area contributed by atoms with Crippen LogP contribution in [-0.4, -0.2) is 9.55 Å². The first-order valence-electron chi connectivity index (χ1n) is 6.41. The molecule has 1 aliphatic heterocycles. The summed E-state index contributed by atoms with van der Waals surface area (Å²) >= 11 is 0. The smallest absolute Gasteiger partial charge is 0.109 e. The number of aryl methyl sites for hydroxylation is 1. The van der Waals surface area contributed by atoms with Crippen molar-refractivity contribution in [2.75, 3.05) is 0 Å². The molecule has 2 atom stereocenters. The van der Waals surface area contributed by atoms with E-state index in [4.69, 9.17) is 4.98 Å². The van der Waals surface area contributed by atoms with Gasteiger partial charge in [0, 0.05) is 24.1 Å². The second-order valence-corrected chi connectivity index (χ2v) is 5.12. The largest absolute Gasteiger partial charge is 0.329 e. The molecule has 2 nitrogen and oxygen atoms in total. The van der Waals surface area contributed by atoms with Gasteiger partial charge in [0.1, 0.15) is 5.82 Å². The molecule has 3 rings (SSSR count). The molecule has 1 aromatic rings. The quantitative estimate of drug-likeness (QED) is 0.686. The Balaban J connectivity index is 2.08. The minimum Gasteiger partial charge on any atom is -0.329 e. The minimum absolute atomic E-state index is 0.695. The van der Waals surface area contributed by atoms with Crippen LogP contribution in [0, 0.1) is 0 Å². The third-order valence-corrected chi connectivity index (χ3v) is 4.19. The zero-order chi connectivity index (χ0) is 10.4. The Kier molecular flexibility index (Phi) is 2.11. The van der Waals surface area contributed by atoms with E-state index in [1.54, 1.807) is 5.69 Å². The molecule has 0 radical (unpaired) electrons. The Morgan fingerprint density at radius 1 is 1.33 bits per heavy atom. The molecule has 2 aliphatic rings. The number of hydrogen-bond acceptors (Lipinski definition) is 1. The zero-order valence-electron chi connectivity index (χ0n) is 9.79. The molecular weight excluding hydrogens is 184 g/mol. The standard InChI is InChI=1S/C13H20N2/c1-3-10-7-8-11-13(10)14-12-6-4-5-9(2)15(11)12/h9-10H,3-8H2,1-2H3. The highest BCUT2D eigenvalue weighted by atomic mass is 15.1. The number of aromatic nitrogens is 2. The van der Waals surface area contributed by atoms with Gasteiger partial charge in [-0.2, -0.15) is 0 Å². The SMILES string of the molecule is CCC1CCc2c1nc1n2C(C)CCC1. The highest BCUT2D eigenvalue weighted by molar-refractivity contribution is 5.28. The third-order valence-electron chi connectivity index (χ3n) is 4.19. The fourth-order valence-corrected chi connectivity index (χ4v) is 3.34. The van der Waals surface area contributed by atoms with Gasteiger partial charge in [0.2, 0.25) is 0 Å². The van der Waals surface area contributed by atoms with Crippen LogP contribution in [0.2, 0.25) is 0 Å². The first-order valence-corrected chi connectivity index (χ1v) is 6.41. The monoisotopic (exact) mass is 204 g/mol. The summed E-state index contributed by atoms with van der Waals surface area (Å²) in [6, 6.07) is 0.695. The molecule has 0 fully saturated rings. The van der Waals surface area contributed by atoms with Crippen molar-refractivity contribution in [3.05, 3.63) is 17.2 Å². The van der Waals surface area contributed by atoms with Gasteiger partial charge in [0.25, 0.3) is 0 Å². The number of fused-ring (bicyclic) bond motifs is 3. The summed E-state index contributed by atoms with van der Waals surface area (Å²) in [5.41, 5.74) is 3.02. The van der Waals surface area contributed by atoms with Crippen LogP contribution in [0.15, 0.2) is 0 Å². The lowest BCUT2D eigenvalue weighted by Gasteiger charge is -2.23. The Labute approximate surface area is 91.7 Å². The van der Waals surface area contributed by atoms with E-state index in [0.29, 0.717) is 6.04 Å². The highest BCUT2D eigenvalue weighted by Crippen LogP contribution is 2.39. The number of hydrogen-bond donors (Lipinski definition) is 0. The van der Waals surface area contributed by atoms with Gasteiger partial charge in [-0.05, 0) is 39.0 Å². The first-order chi connectivity index (χ1) is 7.31. The van der Waals surface area contributed by atoms with E-state index >= 15 is 0 Å². The fraction of sp³-hybridized carbons (Fsp3) is 0.769. The fourth-order valence-electron chi connectivity index (χ4n) is 3.34. The molecule has 1 aromatic heterocycles. The molecule has 0 amide bonds. The first kappa shape index (κ1) is 9.44. The molecule has 2 heteroatoms. The summed E-state index contributed by atoms with van der Waals surface area (Å²) in [4.78, 5) is 4.90. The van der Waals surface area contributed by atoms with Crippen molar-refractivity contribution in [1.29, 1.82) is 0 Å². The van der Waals surface area contributed by atoms with E-state index in [0.717, 1.165) is 5.92 Å². The summed E-state index contributed by atoms with van der Waals surface area (Å²) in [5, 5.41) is 0. The van der Waals surface area contributed by atoms with Crippen LogP contribution >= 0.6 is 0 Å². The summed E-state index contributed by atoms with van der Waals surface area (Å²) < 4.78 is 2.55.